The van der Waals surface area contributed by atoms with Crippen molar-refractivity contribution < 1.29 is 4.79 Å². The Balaban J connectivity index is 2.57. The van der Waals surface area contributed by atoms with E-state index in [4.69, 9.17) is 6.42 Å². The summed E-state index contributed by atoms with van der Waals surface area (Å²) in [5.41, 5.74) is 0. The molecule has 1 rings (SSSR count). The second kappa shape index (κ2) is 5.99. The second-order valence-electron chi connectivity index (χ2n) is 3.18. The number of imidazole rings is 1. The molecule has 1 heterocycles. The van der Waals surface area contributed by atoms with Gasteiger partial charge in [0, 0.05) is 18.9 Å². The Labute approximate surface area is 89.7 Å². The molecule has 4 nitrogen and oxygen atoms in total. The standard InChI is InChI=1S/C11H15N3O/c1-3-5-12-9-10(15)11-13-6-8-14(11)7-4-2/h1,6,8,12H,4-5,7,9H2,2H3. The van der Waals surface area contributed by atoms with Gasteiger partial charge in [-0.2, -0.15) is 0 Å². The number of aryl methyl sites for hydroxylation is 1. The topological polar surface area (TPSA) is 46.9 Å². The molecule has 0 aliphatic heterocycles. The van der Waals surface area contributed by atoms with Crippen molar-refractivity contribution in [3.05, 3.63) is 18.2 Å². The molecule has 4 heteroatoms. The molecule has 0 aliphatic carbocycles. The monoisotopic (exact) mass is 205 g/mol. The fourth-order valence-electron chi connectivity index (χ4n) is 1.31. The first-order valence-electron chi connectivity index (χ1n) is 4.98. The Hall–Kier alpha value is -1.60. The Morgan fingerprint density at radius 3 is 3.20 bits per heavy atom. The number of carbonyl (C=O) groups excluding carboxylic acids is 1. The highest BCUT2D eigenvalue weighted by Gasteiger charge is 2.11. The summed E-state index contributed by atoms with van der Waals surface area (Å²) in [6.45, 7) is 3.52. The molecule has 0 amide bonds. The van der Waals surface area contributed by atoms with Gasteiger partial charge in [0.1, 0.15) is 0 Å². The highest BCUT2D eigenvalue weighted by atomic mass is 16.1. The Kier molecular flexibility index (Phi) is 4.58. The maximum absolute atomic E-state index is 11.7. The van der Waals surface area contributed by atoms with Crippen LogP contribution in [0.25, 0.3) is 0 Å². The number of rotatable bonds is 6. The maximum atomic E-state index is 11.7. The molecule has 80 valence electrons. The van der Waals surface area contributed by atoms with Crippen LogP contribution in [0.3, 0.4) is 0 Å². The number of Topliss-reactive ketones (excluding diaryl/α,β-unsaturated/α-hetero) is 1. The van der Waals surface area contributed by atoms with Crippen molar-refractivity contribution in [3.8, 4) is 12.3 Å². The van der Waals surface area contributed by atoms with Gasteiger partial charge in [0.2, 0.25) is 5.78 Å². The number of hydrogen-bond acceptors (Lipinski definition) is 3. The van der Waals surface area contributed by atoms with E-state index < -0.39 is 0 Å². The van der Waals surface area contributed by atoms with E-state index in [2.05, 4.69) is 23.1 Å². The molecule has 0 unspecified atom stereocenters. The van der Waals surface area contributed by atoms with Crippen molar-refractivity contribution in [2.24, 2.45) is 0 Å². The second-order valence-corrected chi connectivity index (χ2v) is 3.18. The van der Waals surface area contributed by atoms with E-state index >= 15 is 0 Å². The fourth-order valence-corrected chi connectivity index (χ4v) is 1.31. The lowest BCUT2D eigenvalue weighted by molar-refractivity contribution is 0.0978. The predicted octanol–water partition coefficient (Wildman–Crippen LogP) is 0.699. The van der Waals surface area contributed by atoms with Crippen LogP contribution in [0.1, 0.15) is 24.0 Å². The molecule has 1 N–H and O–H groups in total. The van der Waals surface area contributed by atoms with E-state index in [-0.39, 0.29) is 12.3 Å². The van der Waals surface area contributed by atoms with E-state index in [1.165, 1.54) is 0 Å². The first-order valence-corrected chi connectivity index (χ1v) is 4.98. The summed E-state index contributed by atoms with van der Waals surface area (Å²) in [7, 11) is 0. The molecule has 0 aliphatic rings. The van der Waals surface area contributed by atoms with Crippen LogP contribution in [0.5, 0.6) is 0 Å². The van der Waals surface area contributed by atoms with Crippen LogP contribution in [0.15, 0.2) is 12.4 Å². The number of nitrogens with zero attached hydrogens (tertiary/aromatic N) is 2. The summed E-state index contributed by atoms with van der Waals surface area (Å²) in [6.07, 6.45) is 9.51. The van der Waals surface area contributed by atoms with Gasteiger partial charge in [-0.25, -0.2) is 4.98 Å². The highest BCUT2D eigenvalue weighted by molar-refractivity contribution is 5.94. The summed E-state index contributed by atoms with van der Waals surface area (Å²) < 4.78 is 1.86. The van der Waals surface area contributed by atoms with Gasteiger partial charge in [0.15, 0.2) is 5.82 Å². The molecule has 0 atom stereocenters. The van der Waals surface area contributed by atoms with Crippen molar-refractivity contribution in [2.75, 3.05) is 13.1 Å². The molecule has 0 aromatic carbocycles. The number of nitrogens with one attached hydrogen (secondary N) is 1. The maximum Gasteiger partial charge on any atom is 0.211 e. The van der Waals surface area contributed by atoms with E-state index in [9.17, 15) is 4.79 Å². The molecule has 0 saturated heterocycles. The van der Waals surface area contributed by atoms with Gasteiger partial charge in [-0.3, -0.25) is 10.1 Å². The van der Waals surface area contributed by atoms with Gasteiger partial charge in [0.25, 0.3) is 0 Å². The summed E-state index contributed by atoms with van der Waals surface area (Å²) in [5.74, 6) is 2.89. The average molecular weight is 205 g/mol. The van der Waals surface area contributed by atoms with Crippen LogP contribution < -0.4 is 5.32 Å². The minimum atomic E-state index is -0.0244. The zero-order valence-electron chi connectivity index (χ0n) is 8.86. The van der Waals surface area contributed by atoms with Crippen molar-refractivity contribution in [3.63, 3.8) is 0 Å². The summed E-state index contributed by atoms with van der Waals surface area (Å²) >= 11 is 0. The third-order valence-electron chi connectivity index (χ3n) is 1.94. The number of ketones is 1. The van der Waals surface area contributed by atoms with Gasteiger partial charge in [-0.05, 0) is 6.42 Å². The number of terminal acetylenes is 1. The third-order valence-corrected chi connectivity index (χ3v) is 1.94. The van der Waals surface area contributed by atoms with Crippen molar-refractivity contribution in [2.45, 2.75) is 19.9 Å². The first-order chi connectivity index (χ1) is 7.29. The lowest BCUT2D eigenvalue weighted by Crippen LogP contribution is -2.25. The predicted molar refractivity (Wildman–Crippen MR) is 58.6 cm³/mol. The van der Waals surface area contributed by atoms with Crippen LogP contribution in [0.2, 0.25) is 0 Å². The first kappa shape index (κ1) is 11.5. The molecule has 1 aromatic heterocycles. The van der Waals surface area contributed by atoms with E-state index in [0.29, 0.717) is 12.4 Å². The van der Waals surface area contributed by atoms with E-state index in [1.54, 1.807) is 6.20 Å². The van der Waals surface area contributed by atoms with Crippen molar-refractivity contribution in [1.82, 2.24) is 14.9 Å². The Bertz CT molecular complexity index is 362. The van der Waals surface area contributed by atoms with Crippen LogP contribution in [-0.2, 0) is 6.54 Å². The van der Waals surface area contributed by atoms with Crippen LogP contribution in [0, 0.1) is 12.3 Å². The minimum absolute atomic E-state index is 0.0244. The zero-order chi connectivity index (χ0) is 11.1. The molecular weight excluding hydrogens is 190 g/mol. The van der Waals surface area contributed by atoms with Crippen molar-refractivity contribution >= 4 is 5.78 Å². The van der Waals surface area contributed by atoms with Crippen molar-refractivity contribution in [1.29, 1.82) is 0 Å². The van der Waals surface area contributed by atoms with Gasteiger partial charge in [-0.15, -0.1) is 6.42 Å². The lowest BCUT2D eigenvalue weighted by atomic mass is 10.3. The SMILES string of the molecule is C#CCNCC(=O)c1nccn1CCC. The summed E-state index contributed by atoms with van der Waals surface area (Å²) in [4.78, 5) is 15.7. The third kappa shape index (κ3) is 3.22. The quantitative estimate of drug-likeness (QED) is 0.422. The summed E-state index contributed by atoms with van der Waals surface area (Å²) in [5, 5.41) is 2.85. The Morgan fingerprint density at radius 2 is 2.53 bits per heavy atom. The lowest BCUT2D eigenvalue weighted by Gasteiger charge is -2.04. The number of aromatic nitrogens is 2. The van der Waals surface area contributed by atoms with Crippen LogP contribution in [-0.4, -0.2) is 28.4 Å². The van der Waals surface area contributed by atoms with Crippen LogP contribution >= 0.6 is 0 Å². The molecule has 0 fully saturated rings. The summed E-state index contributed by atoms with van der Waals surface area (Å²) in [6, 6.07) is 0. The highest BCUT2D eigenvalue weighted by Crippen LogP contribution is 1.99. The Morgan fingerprint density at radius 1 is 1.73 bits per heavy atom. The molecule has 1 aromatic rings. The number of hydrogen-bond donors (Lipinski definition) is 1. The van der Waals surface area contributed by atoms with Gasteiger partial charge < -0.3 is 4.57 Å². The molecular formula is C11H15N3O. The molecule has 0 saturated carbocycles. The van der Waals surface area contributed by atoms with E-state index in [1.807, 2.05) is 10.8 Å². The average Bonchev–Trinajstić information content (AvgIpc) is 2.67. The number of carbonyl (C=O) groups is 1. The molecule has 0 spiro atoms. The normalized spacial score (nSPS) is 9.87. The van der Waals surface area contributed by atoms with Crippen LogP contribution in [0.4, 0.5) is 0 Å². The minimum Gasteiger partial charge on any atom is -0.328 e. The largest absolute Gasteiger partial charge is 0.328 e. The van der Waals surface area contributed by atoms with E-state index in [0.717, 1.165) is 13.0 Å². The smallest absolute Gasteiger partial charge is 0.211 e. The van der Waals surface area contributed by atoms with Gasteiger partial charge >= 0.3 is 0 Å². The van der Waals surface area contributed by atoms with Gasteiger partial charge in [-0.1, -0.05) is 12.8 Å². The molecule has 0 bridgehead atoms. The zero-order valence-corrected chi connectivity index (χ0v) is 8.86. The fraction of sp³-hybridized carbons (Fsp3) is 0.455. The van der Waals surface area contributed by atoms with Gasteiger partial charge in [0.05, 0.1) is 13.1 Å². The molecule has 15 heavy (non-hydrogen) atoms. The molecule has 0 radical (unpaired) electrons.